The number of aromatic carboxylic acids is 2. The van der Waals surface area contributed by atoms with E-state index in [1.165, 1.54) is 18.2 Å². The summed E-state index contributed by atoms with van der Waals surface area (Å²) in [7, 11) is 0. The number of amides is 2. The van der Waals surface area contributed by atoms with Crippen molar-refractivity contribution in [2.45, 2.75) is 39.0 Å². The smallest absolute Gasteiger partial charge is 0.336 e. The fraction of sp³-hybridized carbons (Fsp3) is 0.222. The van der Waals surface area contributed by atoms with Gasteiger partial charge < -0.3 is 31.1 Å². The number of carboxylic acid groups (broad SMARTS) is 2. The van der Waals surface area contributed by atoms with E-state index in [1.54, 1.807) is 43.3 Å². The van der Waals surface area contributed by atoms with E-state index in [0.717, 1.165) is 11.1 Å². The van der Waals surface area contributed by atoms with Gasteiger partial charge in [0.1, 0.15) is 0 Å². The van der Waals surface area contributed by atoms with Crippen LogP contribution in [0, 0.1) is 6.92 Å². The summed E-state index contributed by atoms with van der Waals surface area (Å²) in [5, 5.41) is 43.4. The number of carboxylic acids is 2. The maximum atomic E-state index is 13.1. The molecule has 4 rings (SSSR count). The number of benzene rings is 4. The fourth-order valence-corrected chi connectivity index (χ4v) is 5.18. The summed E-state index contributed by atoms with van der Waals surface area (Å²) in [5.74, 6) is -3.74. The number of carbonyl (C=O) groups is 4. The van der Waals surface area contributed by atoms with Crippen LogP contribution in [0.25, 0.3) is 0 Å². The van der Waals surface area contributed by atoms with Crippen molar-refractivity contribution < 1.29 is 39.6 Å². The van der Waals surface area contributed by atoms with Crippen LogP contribution in [0.4, 0.5) is 11.4 Å². The largest absolute Gasteiger partial charge is 0.478 e. The van der Waals surface area contributed by atoms with Gasteiger partial charge in [-0.25, -0.2) is 9.59 Å². The molecule has 46 heavy (non-hydrogen) atoms. The molecule has 0 fully saturated rings. The van der Waals surface area contributed by atoms with Crippen molar-refractivity contribution in [2.75, 3.05) is 23.8 Å². The Labute approximate surface area is 266 Å². The lowest BCUT2D eigenvalue weighted by Gasteiger charge is -2.15. The van der Waals surface area contributed by atoms with Crippen LogP contribution in [0.3, 0.4) is 0 Å². The highest BCUT2D eigenvalue weighted by Gasteiger charge is 2.23. The second-order valence-corrected chi connectivity index (χ2v) is 10.9. The molecule has 0 radical (unpaired) electrons. The molecule has 0 heterocycles. The third-order valence-corrected chi connectivity index (χ3v) is 7.66. The van der Waals surface area contributed by atoms with Crippen LogP contribution in [0.2, 0.25) is 0 Å². The lowest BCUT2D eigenvalue weighted by atomic mass is 9.91. The number of nitrogens with one attached hydrogen (secondary N) is 2. The molecule has 4 aromatic carbocycles. The number of hydrogen-bond donors (Lipinski definition) is 6. The number of aryl methyl sites for hydroxylation is 2. The molecule has 0 saturated heterocycles. The Kier molecular flexibility index (Phi) is 11.4. The number of anilines is 2. The molecule has 0 spiro atoms. The topological polar surface area (TPSA) is 173 Å². The van der Waals surface area contributed by atoms with E-state index in [4.69, 9.17) is 10.2 Å². The van der Waals surface area contributed by atoms with Crippen LogP contribution < -0.4 is 10.6 Å². The highest BCUT2D eigenvalue weighted by molar-refractivity contribution is 6.12. The van der Waals surface area contributed by atoms with E-state index in [0.29, 0.717) is 53.7 Å². The zero-order valence-electron chi connectivity index (χ0n) is 25.4. The average Bonchev–Trinajstić information content (AvgIpc) is 3.04. The summed E-state index contributed by atoms with van der Waals surface area (Å²) in [6.07, 6.45) is 2.81. The summed E-state index contributed by atoms with van der Waals surface area (Å²) >= 11 is 0. The molecule has 0 aliphatic carbocycles. The summed E-state index contributed by atoms with van der Waals surface area (Å²) in [4.78, 5) is 50.6. The van der Waals surface area contributed by atoms with Gasteiger partial charge in [-0.15, -0.1) is 0 Å². The Hall–Kier alpha value is -5.32. The SMILES string of the molecule is Cc1c(Cc2ccc(C(=O)Nc3ccc(CCCO)cc3)c(C(=O)O)c2)ccc(C(=O)Nc2ccc(CCCO)cc2)c1C(=O)O. The Morgan fingerprint density at radius 1 is 0.587 bits per heavy atom. The molecule has 238 valence electrons. The van der Waals surface area contributed by atoms with E-state index < -0.39 is 23.8 Å². The molecule has 4 aromatic rings. The maximum absolute atomic E-state index is 13.1. The first-order chi connectivity index (χ1) is 22.1. The van der Waals surface area contributed by atoms with Crippen LogP contribution in [0.15, 0.2) is 78.9 Å². The quantitative estimate of drug-likeness (QED) is 0.109. The number of aliphatic hydroxyl groups is 2. The number of aliphatic hydroxyl groups excluding tert-OH is 2. The second kappa shape index (κ2) is 15.6. The number of rotatable bonds is 14. The van der Waals surface area contributed by atoms with Gasteiger partial charge in [0.2, 0.25) is 0 Å². The van der Waals surface area contributed by atoms with Crippen molar-refractivity contribution in [2.24, 2.45) is 0 Å². The van der Waals surface area contributed by atoms with Gasteiger partial charge in [0.15, 0.2) is 0 Å². The molecule has 0 atom stereocenters. The maximum Gasteiger partial charge on any atom is 0.336 e. The van der Waals surface area contributed by atoms with Crippen LogP contribution in [-0.4, -0.2) is 57.4 Å². The highest BCUT2D eigenvalue weighted by Crippen LogP contribution is 2.25. The third-order valence-electron chi connectivity index (χ3n) is 7.66. The summed E-state index contributed by atoms with van der Waals surface area (Å²) < 4.78 is 0. The van der Waals surface area contributed by atoms with Crippen molar-refractivity contribution in [1.82, 2.24) is 0 Å². The van der Waals surface area contributed by atoms with Gasteiger partial charge in [0.25, 0.3) is 11.8 Å². The van der Waals surface area contributed by atoms with Crippen LogP contribution >= 0.6 is 0 Å². The van der Waals surface area contributed by atoms with Gasteiger partial charge in [-0.2, -0.15) is 0 Å². The lowest BCUT2D eigenvalue weighted by molar-refractivity contribution is 0.0683. The van der Waals surface area contributed by atoms with Gasteiger partial charge in [0, 0.05) is 24.6 Å². The van der Waals surface area contributed by atoms with Gasteiger partial charge in [-0.05, 0) is 109 Å². The molecule has 0 saturated carbocycles. The Bertz CT molecular complexity index is 1730. The van der Waals surface area contributed by atoms with E-state index in [9.17, 15) is 29.4 Å². The fourth-order valence-electron chi connectivity index (χ4n) is 5.18. The first-order valence-electron chi connectivity index (χ1n) is 14.9. The molecule has 10 nitrogen and oxygen atoms in total. The van der Waals surface area contributed by atoms with Crippen LogP contribution in [0.1, 0.15) is 82.1 Å². The summed E-state index contributed by atoms with van der Waals surface area (Å²) in [6, 6.07) is 21.7. The predicted molar refractivity (Wildman–Crippen MR) is 174 cm³/mol. The summed E-state index contributed by atoms with van der Waals surface area (Å²) in [5.41, 5.74) is 4.06. The van der Waals surface area contributed by atoms with Crippen molar-refractivity contribution >= 4 is 35.1 Å². The second-order valence-electron chi connectivity index (χ2n) is 10.9. The van der Waals surface area contributed by atoms with Gasteiger partial charge in [-0.3, -0.25) is 9.59 Å². The van der Waals surface area contributed by atoms with E-state index in [1.807, 2.05) is 24.3 Å². The number of carbonyl (C=O) groups excluding carboxylic acids is 2. The normalized spacial score (nSPS) is 10.8. The molecule has 0 aliphatic heterocycles. The minimum absolute atomic E-state index is 0.0159. The monoisotopic (exact) mass is 624 g/mol. The van der Waals surface area contributed by atoms with Crippen LogP contribution in [0.5, 0.6) is 0 Å². The standard InChI is InChI=1S/C36H36N2O8/c1-22-26(11-17-30(32(22)36(45)46)34(42)38-28-14-8-24(9-15-28)5-3-19-40)20-25-10-16-29(31(21-25)35(43)44)33(41)37-27-12-6-23(7-13-27)4-2-18-39/h6-17,21,39-40H,2-5,18-20H2,1H3,(H,37,41)(H,38,42)(H,43,44)(H,45,46). The number of hydrogen-bond acceptors (Lipinski definition) is 6. The molecule has 0 aromatic heterocycles. The zero-order valence-corrected chi connectivity index (χ0v) is 25.4. The minimum atomic E-state index is -1.29. The molecule has 2 amide bonds. The van der Waals surface area contributed by atoms with Crippen molar-refractivity contribution in [3.8, 4) is 0 Å². The molecule has 0 bridgehead atoms. The lowest BCUT2D eigenvalue weighted by Crippen LogP contribution is -2.18. The van der Waals surface area contributed by atoms with Gasteiger partial charge >= 0.3 is 11.9 Å². The molecule has 6 N–H and O–H groups in total. The van der Waals surface area contributed by atoms with E-state index in [2.05, 4.69) is 10.6 Å². The Balaban J connectivity index is 1.53. The average molecular weight is 625 g/mol. The molecular weight excluding hydrogens is 588 g/mol. The van der Waals surface area contributed by atoms with Crippen molar-refractivity contribution in [1.29, 1.82) is 0 Å². The first kappa shape index (κ1) is 33.6. The Morgan fingerprint density at radius 2 is 1.07 bits per heavy atom. The Morgan fingerprint density at radius 3 is 1.54 bits per heavy atom. The predicted octanol–water partition coefficient (Wildman–Crippen LogP) is 5.34. The van der Waals surface area contributed by atoms with E-state index >= 15 is 0 Å². The highest BCUT2D eigenvalue weighted by atomic mass is 16.4. The minimum Gasteiger partial charge on any atom is -0.478 e. The molecule has 10 heteroatoms. The van der Waals surface area contributed by atoms with Crippen molar-refractivity contribution in [3.63, 3.8) is 0 Å². The van der Waals surface area contributed by atoms with Crippen molar-refractivity contribution in [3.05, 3.63) is 129 Å². The molecule has 0 aliphatic rings. The van der Waals surface area contributed by atoms with Crippen LogP contribution in [-0.2, 0) is 19.3 Å². The third kappa shape index (κ3) is 8.44. The van der Waals surface area contributed by atoms with Gasteiger partial charge in [-0.1, -0.05) is 36.4 Å². The first-order valence-corrected chi connectivity index (χ1v) is 14.9. The molecule has 0 unspecified atom stereocenters. The van der Waals surface area contributed by atoms with Gasteiger partial charge in [0.05, 0.1) is 22.3 Å². The molecular formula is C36H36N2O8. The van der Waals surface area contributed by atoms with E-state index in [-0.39, 0.29) is 41.9 Å². The zero-order chi connectivity index (χ0) is 33.2. The summed E-state index contributed by atoms with van der Waals surface area (Å²) in [6.45, 7) is 1.76.